The Bertz CT molecular complexity index is 792. The molecule has 0 bridgehead atoms. The molecule has 1 aliphatic heterocycles. The van der Waals surface area contributed by atoms with Crippen molar-refractivity contribution in [3.8, 4) is 5.69 Å². The maximum absolute atomic E-state index is 12.9. The van der Waals surface area contributed by atoms with E-state index in [1.807, 2.05) is 63.2 Å². The summed E-state index contributed by atoms with van der Waals surface area (Å²) in [5.74, 6) is 0.577. The Morgan fingerprint density at radius 2 is 1.39 bits per heavy atom. The van der Waals surface area contributed by atoms with Gasteiger partial charge in [-0.25, -0.2) is 0 Å². The summed E-state index contributed by atoms with van der Waals surface area (Å²) < 4.78 is 2.02. The van der Waals surface area contributed by atoms with Crippen LogP contribution < -0.4 is 0 Å². The number of carbonyl (C=O) groups excluding carboxylic acids is 2. The lowest BCUT2D eigenvalue weighted by Crippen LogP contribution is -2.40. The Kier molecular flexibility index (Phi) is 5.79. The highest BCUT2D eigenvalue weighted by molar-refractivity contribution is 5.94. The molecule has 0 radical (unpaired) electrons. The number of carbonyl (C=O) groups is 2. The first-order valence-electron chi connectivity index (χ1n) is 10.5. The van der Waals surface area contributed by atoms with Crippen molar-refractivity contribution in [2.24, 2.45) is 5.92 Å². The van der Waals surface area contributed by atoms with E-state index >= 15 is 0 Å². The summed E-state index contributed by atoms with van der Waals surface area (Å²) in [4.78, 5) is 29.7. The molecule has 1 aromatic carbocycles. The number of hydrogen-bond donors (Lipinski definition) is 0. The molecule has 148 valence electrons. The Labute approximate surface area is 166 Å². The van der Waals surface area contributed by atoms with Gasteiger partial charge in [-0.2, -0.15) is 0 Å². The van der Waals surface area contributed by atoms with Gasteiger partial charge in [-0.05, 0) is 55.7 Å². The summed E-state index contributed by atoms with van der Waals surface area (Å²) in [6.07, 6.45) is 10.5. The monoisotopic (exact) mass is 379 g/mol. The third-order valence-corrected chi connectivity index (χ3v) is 6.07. The SMILES string of the molecule is O=C(c1ccc(-n2cccc2)cc1)N1CCCN(C(=O)C2CCCCC2)CC1. The third kappa shape index (κ3) is 4.13. The van der Waals surface area contributed by atoms with Crippen molar-refractivity contribution in [2.45, 2.75) is 38.5 Å². The number of nitrogens with zero attached hydrogens (tertiary/aromatic N) is 3. The highest BCUT2D eigenvalue weighted by Crippen LogP contribution is 2.26. The Morgan fingerprint density at radius 1 is 0.750 bits per heavy atom. The van der Waals surface area contributed by atoms with E-state index in [1.165, 1.54) is 19.3 Å². The summed E-state index contributed by atoms with van der Waals surface area (Å²) in [6.45, 7) is 2.76. The minimum atomic E-state index is 0.0611. The van der Waals surface area contributed by atoms with Gasteiger partial charge in [-0.15, -0.1) is 0 Å². The van der Waals surface area contributed by atoms with Crippen molar-refractivity contribution in [1.29, 1.82) is 0 Å². The van der Waals surface area contributed by atoms with Crippen LogP contribution in [0.2, 0.25) is 0 Å². The molecule has 28 heavy (non-hydrogen) atoms. The van der Waals surface area contributed by atoms with Gasteiger partial charge in [0.2, 0.25) is 5.91 Å². The normalized spacial score (nSPS) is 18.7. The molecule has 0 spiro atoms. The van der Waals surface area contributed by atoms with Gasteiger partial charge in [0.1, 0.15) is 0 Å². The van der Waals surface area contributed by atoms with E-state index in [1.54, 1.807) is 0 Å². The fraction of sp³-hybridized carbons (Fsp3) is 0.478. The second-order valence-corrected chi connectivity index (χ2v) is 7.94. The number of amides is 2. The fourth-order valence-corrected chi connectivity index (χ4v) is 4.41. The Hall–Kier alpha value is -2.56. The van der Waals surface area contributed by atoms with Crippen molar-refractivity contribution < 1.29 is 9.59 Å². The molecule has 2 amide bonds. The van der Waals surface area contributed by atoms with Gasteiger partial charge in [-0.3, -0.25) is 9.59 Å². The van der Waals surface area contributed by atoms with Crippen LogP contribution in [-0.4, -0.2) is 52.4 Å². The van der Waals surface area contributed by atoms with E-state index in [9.17, 15) is 9.59 Å². The van der Waals surface area contributed by atoms with Gasteiger partial charge in [0.25, 0.3) is 5.91 Å². The predicted octanol–water partition coefficient (Wildman–Crippen LogP) is 3.73. The van der Waals surface area contributed by atoms with Gasteiger partial charge >= 0.3 is 0 Å². The van der Waals surface area contributed by atoms with E-state index in [2.05, 4.69) is 0 Å². The summed E-state index contributed by atoms with van der Waals surface area (Å²) in [5, 5.41) is 0. The van der Waals surface area contributed by atoms with Crippen molar-refractivity contribution in [2.75, 3.05) is 26.2 Å². The molecular weight excluding hydrogens is 350 g/mol. The van der Waals surface area contributed by atoms with Crippen LogP contribution in [0.3, 0.4) is 0 Å². The molecule has 2 aromatic rings. The fourth-order valence-electron chi connectivity index (χ4n) is 4.41. The quantitative estimate of drug-likeness (QED) is 0.816. The van der Waals surface area contributed by atoms with Crippen LogP contribution in [0.5, 0.6) is 0 Å². The number of aromatic nitrogens is 1. The van der Waals surface area contributed by atoms with Crippen LogP contribution in [0.25, 0.3) is 5.69 Å². The van der Waals surface area contributed by atoms with E-state index in [0.29, 0.717) is 31.1 Å². The Morgan fingerprint density at radius 3 is 2.11 bits per heavy atom. The molecule has 1 aromatic heterocycles. The molecule has 2 fully saturated rings. The second-order valence-electron chi connectivity index (χ2n) is 7.94. The topological polar surface area (TPSA) is 45.6 Å². The molecular formula is C23H29N3O2. The van der Waals surface area contributed by atoms with Crippen LogP contribution in [0.1, 0.15) is 48.9 Å². The zero-order chi connectivity index (χ0) is 19.3. The zero-order valence-corrected chi connectivity index (χ0v) is 16.4. The molecule has 0 N–H and O–H groups in total. The molecule has 2 heterocycles. The molecule has 4 rings (SSSR count). The van der Waals surface area contributed by atoms with Gasteiger partial charge < -0.3 is 14.4 Å². The average molecular weight is 380 g/mol. The smallest absolute Gasteiger partial charge is 0.253 e. The molecule has 0 atom stereocenters. The molecule has 1 saturated carbocycles. The number of hydrogen-bond acceptors (Lipinski definition) is 2. The predicted molar refractivity (Wildman–Crippen MR) is 109 cm³/mol. The first-order valence-corrected chi connectivity index (χ1v) is 10.5. The van der Waals surface area contributed by atoms with Crippen LogP contribution in [-0.2, 0) is 4.79 Å². The molecule has 1 aliphatic carbocycles. The third-order valence-electron chi connectivity index (χ3n) is 6.07. The molecule has 1 saturated heterocycles. The highest BCUT2D eigenvalue weighted by Gasteiger charge is 2.28. The first-order chi connectivity index (χ1) is 13.7. The van der Waals surface area contributed by atoms with Gasteiger partial charge in [0.05, 0.1) is 0 Å². The van der Waals surface area contributed by atoms with E-state index in [4.69, 9.17) is 0 Å². The van der Waals surface area contributed by atoms with Crippen molar-refractivity contribution in [1.82, 2.24) is 14.4 Å². The van der Waals surface area contributed by atoms with Gasteiger partial charge in [0.15, 0.2) is 0 Å². The van der Waals surface area contributed by atoms with Crippen LogP contribution in [0.4, 0.5) is 0 Å². The summed E-state index contributed by atoms with van der Waals surface area (Å²) in [6, 6.07) is 11.7. The van der Waals surface area contributed by atoms with E-state index in [0.717, 1.165) is 31.5 Å². The maximum atomic E-state index is 12.9. The van der Waals surface area contributed by atoms with Crippen LogP contribution in [0, 0.1) is 5.92 Å². The largest absolute Gasteiger partial charge is 0.341 e. The summed E-state index contributed by atoms with van der Waals surface area (Å²) >= 11 is 0. The van der Waals surface area contributed by atoms with Crippen LogP contribution in [0.15, 0.2) is 48.8 Å². The highest BCUT2D eigenvalue weighted by atomic mass is 16.2. The first kappa shape index (κ1) is 18.8. The van der Waals surface area contributed by atoms with Gasteiger partial charge in [0, 0.05) is 55.7 Å². The zero-order valence-electron chi connectivity index (χ0n) is 16.4. The lowest BCUT2D eigenvalue weighted by Gasteiger charge is -2.28. The molecule has 5 heteroatoms. The van der Waals surface area contributed by atoms with Crippen molar-refractivity contribution in [3.63, 3.8) is 0 Å². The van der Waals surface area contributed by atoms with Gasteiger partial charge in [-0.1, -0.05) is 19.3 Å². The maximum Gasteiger partial charge on any atom is 0.253 e. The average Bonchev–Trinajstić information content (AvgIpc) is 3.18. The van der Waals surface area contributed by atoms with Crippen LogP contribution >= 0.6 is 0 Å². The Balaban J connectivity index is 1.37. The molecule has 2 aliphatic rings. The van der Waals surface area contributed by atoms with E-state index < -0.39 is 0 Å². The van der Waals surface area contributed by atoms with E-state index in [-0.39, 0.29) is 11.8 Å². The summed E-state index contributed by atoms with van der Waals surface area (Å²) in [7, 11) is 0. The standard InChI is InChI=1S/C23H29N3O2/c27-22(19-7-2-1-3-8-19)25-15-6-16-26(18-17-25)23(28)20-9-11-21(12-10-20)24-13-4-5-14-24/h4-5,9-14,19H,1-3,6-8,15-18H2. The lowest BCUT2D eigenvalue weighted by molar-refractivity contribution is -0.136. The van der Waals surface area contributed by atoms with Crippen molar-refractivity contribution >= 4 is 11.8 Å². The minimum Gasteiger partial charge on any atom is -0.341 e. The second kappa shape index (κ2) is 8.63. The minimum absolute atomic E-state index is 0.0611. The van der Waals surface area contributed by atoms with Crippen molar-refractivity contribution in [3.05, 3.63) is 54.4 Å². The molecule has 0 unspecified atom stereocenters. The summed E-state index contributed by atoms with van der Waals surface area (Å²) in [5.41, 5.74) is 1.75. The lowest BCUT2D eigenvalue weighted by atomic mass is 9.88. The number of rotatable bonds is 3. The molecule has 5 nitrogen and oxygen atoms in total. The number of benzene rings is 1.